The fourth-order valence-corrected chi connectivity index (χ4v) is 4.38. The van der Waals surface area contributed by atoms with Crippen LogP contribution in [0.15, 0.2) is 42.5 Å². The molecule has 3 unspecified atom stereocenters. The number of benzene rings is 1. The third kappa shape index (κ3) is 8.06. The number of carbonyl (C=O) groups is 2. The van der Waals surface area contributed by atoms with Gasteiger partial charge in [-0.25, -0.2) is 0 Å². The number of ketones is 1. The Bertz CT molecular complexity index is 695. The van der Waals surface area contributed by atoms with Crippen molar-refractivity contribution in [1.29, 1.82) is 0 Å². The molecule has 0 bridgehead atoms. The van der Waals surface area contributed by atoms with Crippen molar-refractivity contribution in [2.75, 3.05) is 0 Å². The summed E-state index contributed by atoms with van der Waals surface area (Å²) in [6, 6.07) is 10.7. The molecule has 1 aromatic carbocycles. The molecule has 2 aliphatic carbocycles. The largest absolute Gasteiger partial charge is 0.393 e. The van der Waals surface area contributed by atoms with E-state index in [2.05, 4.69) is 23.5 Å². The van der Waals surface area contributed by atoms with Crippen molar-refractivity contribution in [3.8, 4) is 0 Å². The maximum absolute atomic E-state index is 12.3. The van der Waals surface area contributed by atoms with Crippen molar-refractivity contribution in [2.24, 2.45) is 11.8 Å². The van der Waals surface area contributed by atoms with Gasteiger partial charge in [-0.1, -0.05) is 55.7 Å². The van der Waals surface area contributed by atoms with Crippen molar-refractivity contribution < 1.29 is 14.7 Å². The van der Waals surface area contributed by atoms with Crippen LogP contribution < -0.4 is 5.32 Å². The number of hydrogen-bond donors (Lipinski definition) is 2. The molecule has 0 aromatic heterocycles. The molecule has 1 amide bonds. The molecule has 0 spiro atoms. The third-order valence-electron chi connectivity index (χ3n) is 6.44. The highest BCUT2D eigenvalue weighted by Gasteiger charge is 2.29. The summed E-state index contributed by atoms with van der Waals surface area (Å²) in [4.78, 5) is 24.0. The Morgan fingerprint density at radius 3 is 2.57 bits per heavy atom. The first kappa shape index (κ1) is 22.7. The van der Waals surface area contributed by atoms with Gasteiger partial charge in [-0.05, 0) is 68.9 Å². The number of allylic oxidation sites excluding steroid dienone is 2. The van der Waals surface area contributed by atoms with E-state index in [0.717, 1.165) is 64.2 Å². The zero-order valence-electron chi connectivity index (χ0n) is 18.1. The summed E-state index contributed by atoms with van der Waals surface area (Å²) in [5.74, 6) is 0.789. The molecule has 0 heterocycles. The molecule has 0 aliphatic heterocycles. The van der Waals surface area contributed by atoms with Gasteiger partial charge in [0.2, 0.25) is 5.91 Å². The minimum atomic E-state index is -0.346. The molecular formula is C26H37NO3. The SMILES string of the molecule is O=C(CCCCCCC1C=CC(=O)C1CCC(O)CCc1ccccc1)NC1CC1. The number of aliphatic hydroxyl groups is 1. The molecule has 3 atom stereocenters. The van der Waals surface area contributed by atoms with Crippen molar-refractivity contribution >= 4 is 11.7 Å². The summed E-state index contributed by atoms with van der Waals surface area (Å²) < 4.78 is 0. The highest BCUT2D eigenvalue weighted by molar-refractivity contribution is 5.94. The molecule has 2 aliphatic rings. The Hall–Kier alpha value is -1.94. The van der Waals surface area contributed by atoms with E-state index < -0.39 is 0 Å². The molecule has 4 nitrogen and oxygen atoms in total. The number of unbranched alkanes of at least 4 members (excludes halogenated alkanes) is 3. The summed E-state index contributed by atoms with van der Waals surface area (Å²) in [6.45, 7) is 0. The normalized spacial score (nSPS) is 21.7. The van der Waals surface area contributed by atoms with Crippen LogP contribution in [-0.2, 0) is 16.0 Å². The van der Waals surface area contributed by atoms with E-state index in [4.69, 9.17) is 0 Å². The average Bonchev–Trinajstić information content (AvgIpc) is 3.49. The van der Waals surface area contributed by atoms with Crippen molar-refractivity contribution in [3.05, 3.63) is 48.0 Å². The summed E-state index contributed by atoms with van der Waals surface area (Å²) in [6.07, 6.45) is 14.8. The molecule has 164 valence electrons. The Labute approximate surface area is 181 Å². The van der Waals surface area contributed by atoms with E-state index in [-0.39, 0.29) is 23.7 Å². The second kappa shape index (κ2) is 12.0. The summed E-state index contributed by atoms with van der Waals surface area (Å²) in [7, 11) is 0. The minimum absolute atomic E-state index is 0.0423. The maximum Gasteiger partial charge on any atom is 0.220 e. The van der Waals surface area contributed by atoms with Gasteiger partial charge in [0.25, 0.3) is 0 Å². The predicted molar refractivity (Wildman–Crippen MR) is 120 cm³/mol. The van der Waals surface area contributed by atoms with Gasteiger partial charge in [-0.15, -0.1) is 0 Å². The third-order valence-corrected chi connectivity index (χ3v) is 6.44. The smallest absolute Gasteiger partial charge is 0.220 e. The van der Waals surface area contributed by atoms with Crippen LogP contribution in [0.5, 0.6) is 0 Å². The average molecular weight is 412 g/mol. The minimum Gasteiger partial charge on any atom is -0.393 e. The fourth-order valence-electron chi connectivity index (χ4n) is 4.38. The van der Waals surface area contributed by atoms with E-state index in [1.807, 2.05) is 18.2 Å². The second-order valence-corrected chi connectivity index (χ2v) is 9.08. The van der Waals surface area contributed by atoms with Crippen LogP contribution in [0.25, 0.3) is 0 Å². The number of hydrogen-bond acceptors (Lipinski definition) is 3. The second-order valence-electron chi connectivity index (χ2n) is 9.08. The van der Waals surface area contributed by atoms with E-state index in [1.165, 1.54) is 5.56 Å². The van der Waals surface area contributed by atoms with Crippen LogP contribution in [-0.4, -0.2) is 28.9 Å². The molecule has 3 rings (SSSR count). The quantitative estimate of drug-likeness (QED) is 0.434. The van der Waals surface area contributed by atoms with Gasteiger partial charge in [0.05, 0.1) is 6.10 Å². The van der Waals surface area contributed by atoms with Crippen LogP contribution >= 0.6 is 0 Å². The van der Waals surface area contributed by atoms with Crippen molar-refractivity contribution in [2.45, 2.75) is 89.2 Å². The number of amides is 1. The van der Waals surface area contributed by atoms with Crippen LogP contribution in [0.2, 0.25) is 0 Å². The van der Waals surface area contributed by atoms with Crippen LogP contribution in [0.3, 0.4) is 0 Å². The number of carbonyl (C=O) groups excluding carboxylic acids is 2. The van der Waals surface area contributed by atoms with Gasteiger partial charge in [-0.3, -0.25) is 9.59 Å². The van der Waals surface area contributed by atoms with E-state index in [9.17, 15) is 14.7 Å². The van der Waals surface area contributed by atoms with Crippen LogP contribution in [0.4, 0.5) is 0 Å². The molecule has 4 heteroatoms. The monoisotopic (exact) mass is 411 g/mol. The Morgan fingerprint density at radius 2 is 1.80 bits per heavy atom. The Morgan fingerprint density at radius 1 is 1.03 bits per heavy atom. The van der Waals surface area contributed by atoms with E-state index in [1.54, 1.807) is 6.08 Å². The van der Waals surface area contributed by atoms with Gasteiger partial charge in [0, 0.05) is 18.4 Å². The van der Waals surface area contributed by atoms with Crippen molar-refractivity contribution in [1.82, 2.24) is 5.32 Å². The highest BCUT2D eigenvalue weighted by Crippen LogP contribution is 2.31. The lowest BCUT2D eigenvalue weighted by Crippen LogP contribution is -2.24. The molecule has 1 aromatic rings. The Balaban J connectivity index is 1.26. The standard InChI is InChI=1S/C26H37NO3/c28-23(16-12-20-8-4-3-5-9-20)17-18-24-21(13-19-25(24)29)10-6-1-2-7-11-26(30)27-22-14-15-22/h3-5,8-9,13,19,21-24,28H,1-2,6-7,10-12,14-18H2,(H,27,30). The van der Waals surface area contributed by atoms with Crippen LogP contribution in [0.1, 0.15) is 76.2 Å². The molecule has 1 fully saturated rings. The molecule has 30 heavy (non-hydrogen) atoms. The topological polar surface area (TPSA) is 66.4 Å². The summed E-state index contributed by atoms with van der Waals surface area (Å²) in [5, 5.41) is 13.4. The first-order chi connectivity index (χ1) is 14.6. The van der Waals surface area contributed by atoms with Gasteiger partial charge >= 0.3 is 0 Å². The number of aryl methyl sites for hydroxylation is 1. The molecule has 0 radical (unpaired) electrons. The van der Waals surface area contributed by atoms with Gasteiger partial charge in [-0.2, -0.15) is 0 Å². The molecule has 0 saturated heterocycles. The van der Waals surface area contributed by atoms with Gasteiger partial charge < -0.3 is 10.4 Å². The first-order valence-corrected chi connectivity index (χ1v) is 11.8. The fraction of sp³-hybridized carbons (Fsp3) is 0.615. The number of rotatable bonds is 14. The van der Waals surface area contributed by atoms with Crippen LogP contribution in [0, 0.1) is 11.8 Å². The summed E-state index contributed by atoms with van der Waals surface area (Å²) >= 11 is 0. The lowest BCUT2D eigenvalue weighted by atomic mass is 9.85. The molecule has 2 N–H and O–H groups in total. The number of nitrogens with one attached hydrogen (secondary N) is 1. The zero-order valence-corrected chi connectivity index (χ0v) is 18.1. The van der Waals surface area contributed by atoms with Gasteiger partial charge in [0.15, 0.2) is 5.78 Å². The summed E-state index contributed by atoms with van der Waals surface area (Å²) in [5.41, 5.74) is 1.25. The van der Waals surface area contributed by atoms with E-state index in [0.29, 0.717) is 24.8 Å². The Kier molecular flexibility index (Phi) is 9.13. The van der Waals surface area contributed by atoms with Crippen molar-refractivity contribution in [3.63, 3.8) is 0 Å². The lowest BCUT2D eigenvalue weighted by molar-refractivity contribution is -0.121. The molecule has 1 saturated carbocycles. The first-order valence-electron chi connectivity index (χ1n) is 11.8. The lowest BCUT2D eigenvalue weighted by Gasteiger charge is -2.20. The molecular weight excluding hydrogens is 374 g/mol. The van der Waals surface area contributed by atoms with Gasteiger partial charge in [0.1, 0.15) is 0 Å². The van der Waals surface area contributed by atoms with E-state index >= 15 is 0 Å². The number of aliphatic hydroxyl groups excluding tert-OH is 1. The highest BCUT2D eigenvalue weighted by atomic mass is 16.3. The predicted octanol–water partition coefficient (Wildman–Crippen LogP) is 4.75. The maximum atomic E-state index is 12.3. The zero-order chi connectivity index (χ0) is 21.2.